The third-order valence-electron chi connectivity index (χ3n) is 10.7. The lowest BCUT2D eigenvalue weighted by Crippen LogP contribution is -2.00. The molecule has 1 aliphatic rings. The largest absolute Gasteiger partial charge is 0.309 e. The molecule has 262 valence electrons. The van der Waals surface area contributed by atoms with Crippen molar-refractivity contribution in [3.63, 3.8) is 0 Å². The van der Waals surface area contributed by atoms with Crippen molar-refractivity contribution in [1.29, 1.82) is 0 Å². The second-order valence-corrected chi connectivity index (χ2v) is 14.1. The van der Waals surface area contributed by atoms with Crippen molar-refractivity contribution in [2.75, 3.05) is 0 Å². The third kappa shape index (κ3) is 6.60. The van der Waals surface area contributed by atoms with Gasteiger partial charge in [-0.3, -0.25) is 4.98 Å². The average molecular weight is 705 g/mol. The van der Waals surface area contributed by atoms with E-state index in [1.165, 1.54) is 65.9 Å². The van der Waals surface area contributed by atoms with E-state index in [9.17, 15) is 0 Å². The highest BCUT2D eigenvalue weighted by Crippen LogP contribution is 2.40. The molecule has 0 N–H and O–H groups in total. The second kappa shape index (κ2) is 14.8. The van der Waals surface area contributed by atoms with Crippen LogP contribution in [0.2, 0.25) is 0 Å². The Labute approximate surface area is 322 Å². The molecule has 2 aromatic heterocycles. The van der Waals surface area contributed by atoms with Gasteiger partial charge < -0.3 is 4.57 Å². The molecule has 8 aromatic rings. The highest BCUT2D eigenvalue weighted by atomic mass is 15.0. The van der Waals surface area contributed by atoms with E-state index in [1.54, 1.807) is 0 Å². The maximum absolute atomic E-state index is 4.65. The van der Waals surface area contributed by atoms with Gasteiger partial charge in [0, 0.05) is 28.9 Å². The summed E-state index contributed by atoms with van der Waals surface area (Å²) in [4.78, 5) is 4.52. The Morgan fingerprint density at radius 3 is 2.07 bits per heavy atom. The molecule has 0 fully saturated rings. The molecule has 2 heteroatoms. The van der Waals surface area contributed by atoms with Crippen molar-refractivity contribution < 1.29 is 0 Å². The van der Waals surface area contributed by atoms with E-state index in [-0.39, 0.29) is 0 Å². The fourth-order valence-corrected chi connectivity index (χ4v) is 7.99. The van der Waals surface area contributed by atoms with Crippen LogP contribution >= 0.6 is 0 Å². The highest BCUT2D eigenvalue weighted by Gasteiger charge is 2.19. The van der Waals surface area contributed by atoms with Gasteiger partial charge in [-0.15, -0.1) is 0 Å². The Morgan fingerprint density at radius 2 is 1.35 bits per heavy atom. The number of hydrogen-bond acceptors (Lipinski definition) is 1. The molecule has 0 atom stereocenters. The van der Waals surface area contributed by atoms with Crippen molar-refractivity contribution in [2.45, 2.75) is 12.8 Å². The van der Waals surface area contributed by atoms with Crippen molar-refractivity contribution in [3.05, 3.63) is 235 Å². The first-order valence-electron chi connectivity index (χ1n) is 18.8. The third-order valence-corrected chi connectivity index (χ3v) is 10.7. The Hall–Kier alpha value is -7.03. The summed E-state index contributed by atoms with van der Waals surface area (Å²) in [6, 6.07) is 50.1. The predicted molar refractivity (Wildman–Crippen MR) is 236 cm³/mol. The lowest BCUT2D eigenvalue weighted by atomic mass is 9.83. The number of nitrogens with zero attached hydrogens (tertiary/aromatic N) is 2. The van der Waals surface area contributed by atoms with Gasteiger partial charge in [0.05, 0.1) is 11.0 Å². The number of para-hydroxylation sites is 1. The Bertz CT molecular complexity index is 2940. The van der Waals surface area contributed by atoms with Crippen molar-refractivity contribution in [3.8, 4) is 5.69 Å². The first-order chi connectivity index (χ1) is 27.1. The summed E-state index contributed by atoms with van der Waals surface area (Å²) in [7, 11) is 0. The topological polar surface area (TPSA) is 17.8 Å². The molecule has 2 nitrogen and oxygen atoms in total. The summed E-state index contributed by atoms with van der Waals surface area (Å²) in [5.74, 6) is 0. The van der Waals surface area contributed by atoms with Gasteiger partial charge >= 0.3 is 0 Å². The zero-order chi connectivity index (χ0) is 37.1. The molecule has 0 spiro atoms. The fraction of sp³-hybridized carbons (Fsp3) is 0.0377. The molecule has 0 radical (unpaired) electrons. The van der Waals surface area contributed by atoms with Crippen LogP contribution in [0.1, 0.15) is 29.5 Å². The van der Waals surface area contributed by atoms with E-state index in [2.05, 4.69) is 193 Å². The van der Waals surface area contributed by atoms with Crippen molar-refractivity contribution >= 4 is 60.1 Å². The van der Waals surface area contributed by atoms with E-state index >= 15 is 0 Å². The van der Waals surface area contributed by atoms with Gasteiger partial charge in [-0.05, 0) is 121 Å². The van der Waals surface area contributed by atoms with Crippen LogP contribution in [0.15, 0.2) is 219 Å². The van der Waals surface area contributed by atoms with Crippen LogP contribution in [0.4, 0.5) is 0 Å². The lowest BCUT2D eigenvalue weighted by molar-refractivity contribution is 1.17. The van der Waals surface area contributed by atoms with Gasteiger partial charge in [0.2, 0.25) is 0 Å². The summed E-state index contributed by atoms with van der Waals surface area (Å²) in [5, 5.41) is 7.25. The number of benzene rings is 6. The van der Waals surface area contributed by atoms with E-state index in [0.29, 0.717) is 6.42 Å². The molecule has 0 bridgehead atoms. The number of allylic oxidation sites excluding steroid dienone is 12. The van der Waals surface area contributed by atoms with Crippen molar-refractivity contribution in [2.24, 2.45) is 0 Å². The average Bonchev–Trinajstić information content (AvgIpc) is 3.58. The quantitative estimate of drug-likeness (QED) is 0.137. The molecule has 0 saturated carbocycles. The van der Waals surface area contributed by atoms with Crippen LogP contribution in [-0.2, 0) is 0 Å². The number of aromatic nitrogens is 2. The monoisotopic (exact) mass is 704 g/mol. The first-order valence-corrected chi connectivity index (χ1v) is 18.8. The smallest absolute Gasteiger partial charge is 0.0571 e. The van der Waals surface area contributed by atoms with Crippen LogP contribution in [0.5, 0.6) is 0 Å². The van der Waals surface area contributed by atoms with Crippen LogP contribution in [-0.4, -0.2) is 9.55 Å². The van der Waals surface area contributed by atoms with Gasteiger partial charge in [0.15, 0.2) is 0 Å². The zero-order valence-electron chi connectivity index (χ0n) is 30.7. The molecule has 0 aliphatic heterocycles. The first kappa shape index (κ1) is 33.8. The van der Waals surface area contributed by atoms with Crippen LogP contribution in [0.25, 0.3) is 65.8 Å². The minimum absolute atomic E-state index is 0.700. The lowest BCUT2D eigenvalue weighted by Gasteiger charge is -2.21. The SMILES string of the molecule is C=C\C=C/C=C(CC(=C)c1ccc2ccccc2c1)/C(=C1/C=CC(c2ccc3c(c2)c2cnccc2n3-c2ccccc2)=CC1)c1ccc2ccccc2c1. The molecule has 1 aliphatic carbocycles. The minimum Gasteiger partial charge on any atom is -0.309 e. The van der Waals surface area contributed by atoms with Gasteiger partial charge in [-0.1, -0.05) is 153 Å². The highest BCUT2D eigenvalue weighted by molar-refractivity contribution is 6.10. The molecular weight excluding hydrogens is 665 g/mol. The molecule has 2 heterocycles. The van der Waals surface area contributed by atoms with Gasteiger partial charge in [-0.25, -0.2) is 0 Å². The van der Waals surface area contributed by atoms with Gasteiger partial charge in [-0.2, -0.15) is 0 Å². The molecule has 0 amide bonds. The number of pyridine rings is 1. The van der Waals surface area contributed by atoms with E-state index < -0.39 is 0 Å². The van der Waals surface area contributed by atoms with Crippen LogP contribution in [0, 0.1) is 0 Å². The Balaban J connectivity index is 1.13. The van der Waals surface area contributed by atoms with Gasteiger partial charge in [0.25, 0.3) is 0 Å². The number of fused-ring (bicyclic) bond motifs is 5. The van der Waals surface area contributed by atoms with E-state index in [0.717, 1.165) is 34.1 Å². The summed E-state index contributed by atoms with van der Waals surface area (Å²) < 4.78 is 2.33. The molecule has 6 aromatic carbocycles. The Kier molecular flexibility index (Phi) is 9.07. The number of hydrogen-bond donors (Lipinski definition) is 0. The maximum Gasteiger partial charge on any atom is 0.0571 e. The molecular formula is C53H40N2. The molecule has 0 unspecified atom stereocenters. The molecule has 9 rings (SSSR count). The number of rotatable bonds is 9. The summed E-state index contributed by atoms with van der Waals surface area (Å²) in [5.41, 5.74) is 13.0. The zero-order valence-corrected chi connectivity index (χ0v) is 30.7. The second-order valence-electron chi connectivity index (χ2n) is 14.1. The van der Waals surface area contributed by atoms with E-state index in [4.69, 9.17) is 0 Å². The van der Waals surface area contributed by atoms with Crippen LogP contribution in [0.3, 0.4) is 0 Å². The maximum atomic E-state index is 4.65. The minimum atomic E-state index is 0.700. The van der Waals surface area contributed by atoms with Crippen LogP contribution < -0.4 is 0 Å². The predicted octanol–water partition coefficient (Wildman–Crippen LogP) is 14.1. The normalized spacial score (nSPS) is 14.3. The Morgan fingerprint density at radius 1 is 0.655 bits per heavy atom. The van der Waals surface area contributed by atoms with Gasteiger partial charge in [0.1, 0.15) is 0 Å². The summed E-state index contributed by atoms with van der Waals surface area (Å²) in [6.45, 7) is 8.59. The van der Waals surface area contributed by atoms with E-state index in [1.807, 2.05) is 24.5 Å². The summed E-state index contributed by atoms with van der Waals surface area (Å²) >= 11 is 0. The standard InChI is InChI=1S/C53H40N2/c1-3-4-6-17-46(32-37(2)42-26-22-38-13-9-11-15-43(38)33-42)53(47-27-23-39-14-10-12-16-44(39)34-47)41-24-20-40(21-25-41)45-28-29-51-49(35-45)50-36-54-31-30-52(50)55(51)48-18-7-5-8-19-48/h3-24,26-31,33-36H,1-2,25,32H2/b6-4-,46-17+,53-41+. The fourth-order valence-electron chi connectivity index (χ4n) is 7.99. The molecule has 55 heavy (non-hydrogen) atoms. The molecule has 0 saturated heterocycles. The summed E-state index contributed by atoms with van der Waals surface area (Å²) in [6.07, 6.45) is 20.5. The van der Waals surface area contributed by atoms with Crippen molar-refractivity contribution in [1.82, 2.24) is 9.55 Å².